The zero-order chi connectivity index (χ0) is 19.9. The zero-order valence-electron chi connectivity index (χ0n) is 16.9. The van der Waals surface area contributed by atoms with Crippen molar-refractivity contribution in [3.05, 3.63) is 41.6 Å². The number of hydrogen-bond acceptors (Lipinski definition) is 5. The number of benzene rings is 1. The molecule has 1 unspecified atom stereocenters. The van der Waals surface area contributed by atoms with Crippen molar-refractivity contribution in [3.8, 4) is 11.6 Å². The maximum Gasteiger partial charge on any atom is 0.238 e. The van der Waals surface area contributed by atoms with E-state index in [1.807, 2.05) is 25.1 Å². The molecule has 0 spiro atoms. The highest BCUT2D eigenvalue weighted by Crippen LogP contribution is 2.29. The lowest BCUT2D eigenvalue weighted by atomic mass is 10.1. The maximum absolute atomic E-state index is 12.8. The SMILES string of the molecule is CCCN1CCc2cc(NS(=O)c3ccc(OCC)cc3)c(OC)nc2CC1. The van der Waals surface area contributed by atoms with Crippen LogP contribution in [0.4, 0.5) is 5.69 Å². The number of pyridine rings is 1. The van der Waals surface area contributed by atoms with Gasteiger partial charge in [0.05, 0.1) is 18.6 Å². The van der Waals surface area contributed by atoms with Gasteiger partial charge in [0.25, 0.3) is 0 Å². The number of nitrogens with zero attached hydrogens (tertiary/aromatic N) is 2. The van der Waals surface area contributed by atoms with Gasteiger partial charge >= 0.3 is 0 Å². The van der Waals surface area contributed by atoms with E-state index in [4.69, 9.17) is 14.5 Å². The summed E-state index contributed by atoms with van der Waals surface area (Å²) in [4.78, 5) is 7.85. The van der Waals surface area contributed by atoms with Crippen LogP contribution >= 0.6 is 0 Å². The van der Waals surface area contributed by atoms with E-state index in [0.717, 1.165) is 50.3 Å². The van der Waals surface area contributed by atoms with Crippen molar-refractivity contribution in [3.63, 3.8) is 0 Å². The molecule has 28 heavy (non-hydrogen) atoms. The normalized spacial score (nSPS) is 15.4. The highest BCUT2D eigenvalue weighted by molar-refractivity contribution is 7.86. The molecule has 152 valence electrons. The van der Waals surface area contributed by atoms with Crippen molar-refractivity contribution >= 4 is 16.7 Å². The van der Waals surface area contributed by atoms with Crippen molar-refractivity contribution < 1.29 is 13.7 Å². The average Bonchev–Trinajstić information content (AvgIpc) is 2.90. The Morgan fingerprint density at radius 1 is 1.18 bits per heavy atom. The summed E-state index contributed by atoms with van der Waals surface area (Å²) in [6, 6.07) is 9.31. The predicted octanol–water partition coefficient (Wildman–Crippen LogP) is 3.43. The molecule has 1 aromatic heterocycles. The van der Waals surface area contributed by atoms with Gasteiger partial charge in [-0.15, -0.1) is 0 Å². The third-order valence-corrected chi connectivity index (χ3v) is 5.91. The summed E-state index contributed by atoms with van der Waals surface area (Å²) < 4.78 is 26.8. The molecule has 6 nitrogen and oxygen atoms in total. The number of aromatic nitrogens is 1. The Balaban J connectivity index is 1.77. The molecule has 1 N–H and O–H groups in total. The second-order valence-electron chi connectivity index (χ2n) is 6.77. The van der Waals surface area contributed by atoms with Gasteiger partial charge in [-0.1, -0.05) is 6.92 Å². The topological polar surface area (TPSA) is 63.7 Å². The van der Waals surface area contributed by atoms with Crippen molar-refractivity contribution in [1.29, 1.82) is 0 Å². The third-order valence-electron chi connectivity index (χ3n) is 4.80. The van der Waals surface area contributed by atoms with Crippen LogP contribution in [0.3, 0.4) is 0 Å². The molecule has 0 amide bonds. The van der Waals surface area contributed by atoms with Gasteiger partial charge in [0.2, 0.25) is 5.88 Å². The minimum Gasteiger partial charge on any atom is -0.494 e. The Kier molecular flexibility index (Phi) is 7.28. The number of fused-ring (bicyclic) bond motifs is 1. The molecule has 2 heterocycles. The molecule has 0 fully saturated rings. The van der Waals surface area contributed by atoms with Gasteiger partial charge in [0.15, 0.2) is 0 Å². The van der Waals surface area contributed by atoms with Gasteiger partial charge in [-0.2, -0.15) is 0 Å². The molecule has 0 aliphatic carbocycles. The number of anilines is 1. The second kappa shape index (κ2) is 9.89. The molecular weight excluding hydrogens is 374 g/mol. The van der Waals surface area contributed by atoms with Crippen LogP contribution < -0.4 is 14.2 Å². The van der Waals surface area contributed by atoms with Crippen LogP contribution in [-0.2, 0) is 23.8 Å². The van der Waals surface area contributed by atoms with E-state index in [-0.39, 0.29) is 0 Å². The molecule has 0 radical (unpaired) electrons. The first-order valence-corrected chi connectivity index (χ1v) is 11.0. The van der Waals surface area contributed by atoms with E-state index in [2.05, 4.69) is 16.5 Å². The van der Waals surface area contributed by atoms with E-state index < -0.39 is 11.0 Å². The molecule has 3 rings (SSSR count). The molecule has 0 bridgehead atoms. The van der Waals surface area contributed by atoms with Crippen LogP contribution in [0, 0.1) is 0 Å². The van der Waals surface area contributed by atoms with Crippen molar-refractivity contribution in [2.24, 2.45) is 0 Å². The lowest BCUT2D eigenvalue weighted by Crippen LogP contribution is -2.27. The quantitative estimate of drug-likeness (QED) is 0.732. The number of ether oxygens (including phenoxy) is 2. The Labute approximate surface area is 169 Å². The van der Waals surface area contributed by atoms with E-state index in [0.29, 0.717) is 23.1 Å². The van der Waals surface area contributed by atoms with Gasteiger partial charge in [-0.05, 0) is 62.2 Å². The van der Waals surface area contributed by atoms with Crippen LogP contribution in [-0.4, -0.2) is 47.4 Å². The van der Waals surface area contributed by atoms with E-state index >= 15 is 0 Å². The van der Waals surface area contributed by atoms with Crippen molar-refractivity contribution in [2.75, 3.05) is 38.1 Å². The second-order valence-corrected chi connectivity index (χ2v) is 7.98. The average molecular weight is 404 g/mol. The molecule has 1 aliphatic rings. The monoisotopic (exact) mass is 403 g/mol. The molecule has 0 saturated heterocycles. The fourth-order valence-corrected chi connectivity index (χ4v) is 4.26. The molecule has 1 aromatic carbocycles. The van der Waals surface area contributed by atoms with Gasteiger partial charge in [0.1, 0.15) is 22.4 Å². The largest absolute Gasteiger partial charge is 0.494 e. The Morgan fingerprint density at radius 3 is 2.61 bits per heavy atom. The van der Waals surface area contributed by atoms with E-state index in [9.17, 15) is 4.21 Å². The molecule has 0 saturated carbocycles. The fourth-order valence-electron chi connectivity index (χ4n) is 3.41. The summed E-state index contributed by atoms with van der Waals surface area (Å²) >= 11 is 0. The van der Waals surface area contributed by atoms with E-state index in [1.165, 1.54) is 5.56 Å². The Hall–Kier alpha value is -2.12. The van der Waals surface area contributed by atoms with Crippen LogP contribution in [0.5, 0.6) is 11.6 Å². The lowest BCUT2D eigenvalue weighted by molar-refractivity contribution is 0.287. The van der Waals surface area contributed by atoms with Crippen LogP contribution in [0.1, 0.15) is 31.5 Å². The molecular formula is C21H29N3O3S. The number of rotatable bonds is 8. The van der Waals surface area contributed by atoms with Gasteiger partial charge < -0.3 is 14.4 Å². The molecule has 1 aliphatic heterocycles. The first-order valence-electron chi connectivity index (χ1n) is 9.85. The highest BCUT2D eigenvalue weighted by Gasteiger charge is 2.19. The minimum atomic E-state index is -1.41. The van der Waals surface area contributed by atoms with Gasteiger partial charge in [0, 0.05) is 25.2 Å². The number of nitrogens with one attached hydrogen (secondary N) is 1. The van der Waals surface area contributed by atoms with Gasteiger partial charge in [-0.3, -0.25) is 4.72 Å². The number of methoxy groups -OCH3 is 1. The molecule has 1 atom stereocenters. The summed E-state index contributed by atoms with van der Waals surface area (Å²) in [6.07, 6.45) is 3.01. The third kappa shape index (κ3) is 5.02. The molecule has 2 aromatic rings. The van der Waals surface area contributed by atoms with Crippen molar-refractivity contribution in [1.82, 2.24) is 9.88 Å². The van der Waals surface area contributed by atoms with E-state index in [1.54, 1.807) is 19.2 Å². The fraction of sp³-hybridized carbons (Fsp3) is 0.476. The van der Waals surface area contributed by atoms with Crippen LogP contribution in [0.25, 0.3) is 0 Å². The predicted molar refractivity (Wildman–Crippen MR) is 113 cm³/mol. The first kappa shape index (κ1) is 20.6. The zero-order valence-corrected chi connectivity index (χ0v) is 17.7. The number of hydrogen-bond donors (Lipinski definition) is 1. The standard InChI is InChI=1S/C21H29N3O3S/c1-4-12-24-13-10-16-15-20(21(26-3)22-19(16)11-14-24)23-28(25)18-8-6-17(7-9-18)27-5-2/h6-9,15,23H,4-5,10-14H2,1-3H3. The first-order chi connectivity index (χ1) is 13.6. The smallest absolute Gasteiger partial charge is 0.238 e. The van der Waals surface area contributed by atoms with Crippen molar-refractivity contribution in [2.45, 2.75) is 38.0 Å². The summed E-state index contributed by atoms with van der Waals surface area (Å²) in [5.74, 6) is 1.26. The van der Waals surface area contributed by atoms with Crippen LogP contribution in [0.2, 0.25) is 0 Å². The molecule has 7 heteroatoms. The van der Waals surface area contributed by atoms with Gasteiger partial charge in [-0.25, -0.2) is 9.19 Å². The minimum absolute atomic E-state index is 0.488. The Bertz CT molecular complexity index is 811. The summed E-state index contributed by atoms with van der Waals surface area (Å²) in [7, 11) is 0.187. The summed E-state index contributed by atoms with van der Waals surface area (Å²) in [5, 5.41) is 0. The highest BCUT2D eigenvalue weighted by atomic mass is 32.2. The maximum atomic E-state index is 12.8. The lowest BCUT2D eigenvalue weighted by Gasteiger charge is -2.17. The van der Waals surface area contributed by atoms with Crippen LogP contribution in [0.15, 0.2) is 35.2 Å². The summed E-state index contributed by atoms with van der Waals surface area (Å²) in [5.41, 5.74) is 2.94. The Morgan fingerprint density at radius 2 is 1.93 bits per heavy atom. The summed E-state index contributed by atoms with van der Waals surface area (Å²) in [6.45, 7) is 7.90.